The van der Waals surface area contributed by atoms with Gasteiger partial charge in [-0.15, -0.1) is 0 Å². The molecule has 17 heavy (non-hydrogen) atoms. The summed E-state index contributed by atoms with van der Waals surface area (Å²) in [6, 6.07) is 6.67. The predicted molar refractivity (Wildman–Crippen MR) is 63.1 cm³/mol. The molecule has 1 heterocycles. The highest BCUT2D eigenvalue weighted by Gasteiger charge is 2.11. The summed E-state index contributed by atoms with van der Waals surface area (Å²) >= 11 is 0. The molecule has 0 saturated carbocycles. The van der Waals surface area contributed by atoms with Crippen LogP contribution in [-0.2, 0) is 6.54 Å². The summed E-state index contributed by atoms with van der Waals surface area (Å²) in [5.74, 6) is 0.774. The quantitative estimate of drug-likeness (QED) is 0.847. The molecule has 0 amide bonds. The van der Waals surface area contributed by atoms with E-state index >= 15 is 0 Å². The van der Waals surface area contributed by atoms with E-state index in [9.17, 15) is 8.78 Å². The Bertz CT molecular complexity index is 401. The number of aliphatic imine (C=N–C) groups is 1. The summed E-state index contributed by atoms with van der Waals surface area (Å²) in [6.07, 6.45) is -2.40. The van der Waals surface area contributed by atoms with Gasteiger partial charge in [0.1, 0.15) is 0 Å². The fourth-order valence-electron chi connectivity index (χ4n) is 1.63. The van der Waals surface area contributed by atoms with Crippen molar-refractivity contribution in [1.82, 2.24) is 10.6 Å². The summed E-state index contributed by atoms with van der Waals surface area (Å²) in [4.78, 5) is 4.25. The molecule has 2 rings (SSSR count). The van der Waals surface area contributed by atoms with E-state index in [1.54, 1.807) is 12.1 Å². The second-order valence-corrected chi connectivity index (χ2v) is 4.13. The van der Waals surface area contributed by atoms with E-state index in [0.29, 0.717) is 12.6 Å². The first-order valence-corrected chi connectivity index (χ1v) is 5.57. The first-order chi connectivity index (χ1) is 8.15. The van der Waals surface area contributed by atoms with Gasteiger partial charge in [-0.05, 0) is 12.5 Å². The molecule has 0 saturated heterocycles. The number of hydrogen-bond acceptors (Lipinski definition) is 3. The Morgan fingerprint density at radius 1 is 1.41 bits per heavy atom. The Morgan fingerprint density at radius 2 is 2.12 bits per heavy atom. The van der Waals surface area contributed by atoms with Gasteiger partial charge in [0.15, 0.2) is 5.96 Å². The zero-order chi connectivity index (χ0) is 12.3. The molecule has 1 aliphatic rings. The average Bonchev–Trinajstić information content (AvgIpc) is 2.73. The van der Waals surface area contributed by atoms with Crippen LogP contribution in [0.15, 0.2) is 29.3 Å². The standard InChI is InChI=1S/C12H15F2N3/c1-8-6-15-12(17-8)16-7-9-2-4-10(5-3-9)11(13)14/h2-5,8,11H,6-7H2,1H3,(H2,15,16,17). The molecule has 0 spiro atoms. The van der Waals surface area contributed by atoms with Crippen molar-refractivity contribution < 1.29 is 8.78 Å². The molecule has 0 aliphatic carbocycles. The molecule has 3 nitrogen and oxygen atoms in total. The van der Waals surface area contributed by atoms with Crippen LogP contribution in [-0.4, -0.2) is 18.5 Å². The Morgan fingerprint density at radius 3 is 2.65 bits per heavy atom. The lowest BCUT2D eigenvalue weighted by Crippen LogP contribution is -2.37. The van der Waals surface area contributed by atoms with Crippen LogP contribution in [0.5, 0.6) is 0 Å². The third-order valence-corrected chi connectivity index (χ3v) is 2.60. The van der Waals surface area contributed by atoms with Gasteiger partial charge < -0.3 is 10.6 Å². The molecule has 1 aromatic rings. The van der Waals surface area contributed by atoms with Crippen molar-refractivity contribution in [3.05, 3.63) is 35.4 Å². The first kappa shape index (κ1) is 11.8. The first-order valence-electron chi connectivity index (χ1n) is 5.57. The lowest BCUT2D eigenvalue weighted by atomic mass is 10.1. The SMILES string of the molecule is CC1CN=C(NCc2ccc(C(F)F)cc2)N1. The van der Waals surface area contributed by atoms with Gasteiger partial charge >= 0.3 is 0 Å². The van der Waals surface area contributed by atoms with Crippen LogP contribution >= 0.6 is 0 Å². The molecular weight excluding hydrogens is 224 g/mol. The van der Waals surface area contributed by atoms with Crippen molar-refractivity contribution in [2.45, 2.75) is 25.9 Å². The highest BCUT2D eigenvalue weighted by Crippen LogP contribution is 2.18. The van der Waals surface area contributed by atoms with Crippen LogP contribution in [0, 0.1) is 0 Å². The summed E-state index contributed by atoms with van der Waals surface area (Å²) in [7, 11) is 0. The Balaban J connectivity index is 1.87. The monoisotopic (exact) mass is 239 g/mol. The highest BCUT2D eigenvalue weighted by atomic mass is 19.3. The topological polar surface area (TPSA) is 36.4 Å². The lowest BCUT2D eigenvalue weighted by molar-refractivity contribution is 0.151. The van der Waals surface area contributed by atoms with Crippen LogP contribution in [0.4, 0.5) is 8.78 Å². The fraction of sp³-hybridized carbons (Fsp3) is 0.417. The molecule has 0 radical (unpaired) electrons. The smallest absolute Gasteiger partial charge is 0.263 e. The molecule has 2 N–H and O–H groups in total. The number of hydrogen-bond donors (Lipinski definition) is 2. The molecule has 0 fully saturated rings. The maximum Gasteiger partial charge on any atom is 0.263 e. The molecule has 1 atom stereocenters. The molecule has 0 bridgehead atoms. The van der Waals surface area contributed by atoms with Gasteiger partial charge in [0, 0.05) is 18.2 Å². The maximum atomic E-state index is 12.3. The van der Waals surface area contributed by atoms with E-state index in [4.69, 9.17) is 0 Å². The van der Waals surface area contributed by atoms with Gasteiger partial charge in [0.2, 0.25) is 0 Å². The van der Waals surface area contributed by atoms with Crippen molar-refractivity contribution in [2.24, 2.45) is 4.99 Å². The number of nitrogens with one attached hydrogen (secondary N) is 2. The summed E-state index contributed by atoms with van der Waals surface area (Å²) < 4.78 is 24.7. The van der Waals surface area contributed by atoms with Crippen molar-refractivity contribution in [3.8, 4) is 0 Å². The van der Waals surface area contributed by atoms with Crippen LogP contribution in [0.2, 0.25) is 0 Å². The minimum Gasteiger partial charge on any atom is -0.352 e. The third kappa shape index (κ3) is 3.15. The molecular formula is C12H15F2N3. The number of alkyl halides is 2. The van der Waals surface area contributed by atoms with E-state index in [-0.39, 0.29) is 5.56 Å². The molecule has 92 valence electrons. The van der Waals surface area contributed by atoms with E-state index in [1.807, 2.05) is 0 Å². The third-order valence-electron chi connectivity index (χ3n) is 2.60. The van der Waals surface area contributed by atoms with Crippen LogP contribution < -0.4 is 10.6 Å². The van der Waals surface area contributed by atoms with Crippen LogP contribution in [0.3, 0.4) is 0 Å². The Labute approximate surface area is 98.9 Å². The van der Waals surface area contributed by atoms with Crippen molar-refractivity contribution >= 4 is 5.96 Å². The second kappa shape index (κ2) is 5.12. The zero-order valence-corrected chi connectivity index (χ0v) is 9.58. The minimum atomic E-state index is -2.40. The normalized spacial score (nSPS) is 19.1. The number of nitrogens with zero attached hydrogens (tertiary/aromatic N) is 1. The lowest BCUT2D eigenvalue weighted by Gasteiger charge is -2.09. The summed E-state index contributed by atoms with van der Waals surface area (Å²) in [5.41, 5.74) is 1.01. The molecule has 0 aromatic heterocycles. The average molecular weight is 239 g/mol. The highest BCUT2D eigenvalue weighted by molar-refractivity contribution is 5.81. The van der Waals surface area contributed by atoms with Gasteiger partial charge in [0.05, 0.1) is 6.54 Å². The van der Waals surface area contributed by atoms with E-state index in [2.05, 4.69) is 22.5 Å². The van der Waals surface area contributed by atoms with Gasteiger partial charge in [-0.3, -0.25) is 4.99 Å². The number of halogens is 2. The van der Waals surface area contributed by atoms with Gasteiger partial charge in [0.25, 0.3) is 6.43 Å². The Kier molecular flexibility index (Phi) is 3.56. The Hall–Kier alpha value is -1.65. The van der Waals surface area contributed by atoms with Gasteiger partial charge in [-0.25, -0.2) is 8.78 Å². The van der Waals surface area contributed by atoms with Crippen molar-refractivity contribution in [2.75, 3.05) is 6.54 Å². The second-order valence-electron chi connectivity index (χ2n) is 4.13. The van der Waals surface area contributed by atoms with Crippen molar-refractivity contribution in [1.29, 1.82) is 0 Å². The van der Waals surface area contributed by atoms with E-state index in [0.717, 1.165) is 18.1 Å². The largest absolute Gasteiger partial charge is 0.352 e. The van der Waals surface area contributed by atoms with Crippen LogP contribution in [0.25, 0.3) is 0 Å². The zero-order valence-electron chi connectivity index (χ0n) is 9.58. The minimum absolute atomic E-state index is 0.0544. The van der Waals surface area contributed by atoms with Gasteiger partial charge in [-0.1, -0.05) is 24.3 Å². The molecule has 1 aromatic carbocycles. The van der Waals surface area contributed by atoms with E-state index in [1.165, 1.54) is 12.1 Å². The molecule has 1 aliphatic heterocycles. The van der Waals surface area contributed by atoms with Crippen molar-refractivity contribution in [3.63, 3.8) is 0 Å². The summed E-state index contributed by atoms with van der Waals surface area (Å²) in [5, 5.41) is 6.30. The van der Waals surface area contributed by atoms with Crippen LogP contribution in [0.1, 0.15) is 24.5 Å². The molecule has 5 heteroatoms. The van der Waals surface area contributed by atoms with Gasteiger partial charge in [-0.2, -0.15) is 0 Å². The maximum absolute atomic E-state index is 12.3. The number of rotatable bonds is 3. The number of benzene rings is 1. The van der Waals surface area contributed by atoms with E-state index < -0.39 is 6.43 Å². The predicted octanol–water partition coefficient (Wildman–Crippen LogP) is 2.06. The number of guanidine groups is 1. The summed E-state index contributed by atoms with van der Waals surface area (Å²) in [6.45, 7) is 3.41. The fourth-order valence-corrected chi connectivity index (χ4v) is 1.63. The molecule has 1 unspecified atom stereocenters.